The molecule has 1 nitrogen and oxygen atoms in total. The van der Waals surface area contributed by atoms with Crippen molar-refractivity contribution in [2.45, 2.75) is 38.5 Å². The van der Waals surface area contributed by atoms with Crippen molar-refractivity contribution in [2.75, 3.05) is 4.90 Å². The third-order valence-electron chi connectivity index (χ3n) is 11.3. The molecule has 10 rings (SSSR count). The van der Waals surface area contributed by atoms with Crippen molar-refractivity contribution < 1.29 is 0 Å². The molecular formula is C46H35NS. The Bertz CT molecular complexity index is 2630. The average Bonchev–Trinajstić information content (AvgIpc) is 3.69. The van der Waals surface area contributed by atoms with Crippen molar-refractivity contribution in [3.05, 3.63) is 162 Å². The van der Waals surface area contributed by atoms with Crippen molar-refractivity contribution in [2.24, 2.45) is 0 Å². The van der Waals surface area contributed by atoms with Crippen LogP contribution in [-0.2, 0) is 10.8 Å². The Morgan fingerprint density at radius 1 is 0.417 bits per heavy atom. The highest BCUT2D eigenvalue weighted by Crippen LogP contribution is 2.54. The summed E-state index contributed by atoms with van der Waals surface area (Å²) in [4.78, 5) is 2.52. The summed E-state index contributed by atoms with van der Waals surface area (Å²) in [5.74, 6) is 0. The second-order valence-electron chi connectivity index (χ2n) is 14.6. The first-order valence-corrected chi connectivity index (χ1v) is 17.8. The van der Waals surface area contributed by atoms with Crippen molar-refractivity contribution in [3.8, 4) is 22.3 Å². The topological polar surface area (TPSA) is 3.24 Å². The fourth-order valence-electron chi connectivity index (χ4n) is 8.79. The zero-order valence-electron chi connectivity index (χ0n) is 27.6. The Balaban J connectivity index is 1.25. The van der Waals surface area contributed by atoms with E-state index in [2.05, 4.69) is 172 Å². The fraction of sp³-hybridized carbons (Fsp3) is 0.130. The highest BCUT2D eigenvalue weighted by molar-refractivity contribution is 7.27. The van der Waals surface area contributed by atoms with E-state index in [0.717, 1.165) is 0 Å². The van der Waals surface area contributed by atoms with E-state index in [-0.39, 0.29) is 10.8 Å². The minimum Gasteiger partial charge on any atom is -0.309 e. The molecule has 2 aliphatic rings. The van der Waals surface area contributed by atoms with Crippen LogP contribution in [0.15, 0.2) is 140 Å². The van der Waals surface area contributed by atoms with E-state index in [1.165, 1.54) is 92.5 Å². The lowest BCUT2D eigenvalue weighted by atomic mass is 9.82. The Morgan fingerprint density at radius 3 is 1.81 bits per heavy atom. The van der Waals surface area contributed by atoms with Gasteiger partial charge in [-0.2, -0.15) is 0 Å². The lowest BCUT2D eigenvalue weighted by Crippen LogP contribution is -2.17. The van der Waals surface area contributed by atoms with Gasteiger partial charge in [0.15, 0.2) is 0 Å². The Hall–Kier alpha value is -5.18. The van der Waals surface area contributed by atoms with Gasteiger partial charge in [-0.25, -0.2) is 0 Å². The van der Waals surface area contributed by atoms with E-state index in [9.17, 15) is 0 Å². The summed E-state index contributed by atoms with van der Waals surface area (Å²) >= 11 is 1.92. The molecule has 0 N–H and O–H groups in total. The molecule has 0 fully saturated rings. The molecule has 8 aromatic rings. The van der Waals surface area contributed by atoms with Crippen LogP contribution >= 0.6 is 11.3 Å². The maximum absolute atomic E-state index is 2.52. The van der Waals surface area contributed by atoms with Crippen LogP contribution in [0, 0.1) is 0 Å². The summed E-state index contributed by atoms with van der Waals surface area (Å²) in [6, 6.07) is 52.4. The summed E-state index contributed by atoms with van der Waals surface area (Å²) in [6.07, 6.45) is 0. The van der Waals surface area contributed by atoms with Gasteiger partial charge in [0.1, 0.15) is 0 Å². The number of hydrogen-bond acceptors (Lipinski definition) is 2. The molecule has 1 heterocycles. The van der Waals surface area contributed by atoms with Crippen LogP contribution in [0.4, 0.5) is 17.1 Å². The van der Waals surface area contributed by atoms with Gasteiger partial charge in [0, 0.05) is 37.7 Å². The Morgan fingerprint density at radius 2 is 1.00 bits per heavy atom. The minimum atomic E-state index is -0.0863. The molecule has 0 radical (unpaired) electrons. The lowest BCUT2D eigenvalue weighted by Gasteiger charge is -2.29. The van der Waals surface area contributed by atoms with Gasteiger partial charge in [0.2, 0.25) is 0 Å². The van der Waals surface area contributed by atoms with Crippen LogP contribution < -0.4 is 4.90 Å². The number of rotatable bonds is 3. The third kappa shape index (κ3) is 3.67. The van der Waals surface area contributed by atoms with Crippen molar-refractivity contribution in [1.82, 2.24) is 0 Å². The van der Waals surface area contributed by atoms with Crippen LogP contribution in [-0.4, -0.2) is 0 Å². The highest BCUT2D eigenvalue weighted by Gasteiger charge is 2.37. The third-order valence-corrected chi connectivity index (χ3v) is 12.5. The molecule has 1 aromatic heterocycles. The smallest absolute Gasteiger partial charge is 0.0640 e. The van der Waals surface area contributed by atoms with E-state index < -0.39 is 0 Å². The minimum absolute atomic E-state index is 0.0365. The molecule has 0 aliphatic heterocycles. The molecule has 0 atom stereocenters. The molecular weight excluding hydrogens is 599 g/mol. The maximum Gasteiger partial charge on any atom is 0.0640 e. The number of benzene rings is 7. The van der Waals surface area contributed by atoms with Gasteiger partial charge in [-0.3, -0.25) is 0 Å². The predicted molar refractivity (Wildman–Crippen MR) is 207 cm³/mol. The molecule has 48 heavy (non-hydrogen) atoms. The summed E-state index contributed by atoms with van der Waals surface area (Å²) in [7, 11) is 0. The second-order valence-corrected chi connectivity index (χ2v) is 15.6. The van der Waals surface area contributed by atoms with Crippen LogP contribution in [0.25, 0.3) is 53.2 Å². The highest BCUT2D eigenvalue weighted by atomic mass is 32.1. The second kappa shape index (κ2) is 9.69. The molecule has 0 bridgehead atoms. The monoisotopic (exact) mass is 633 g/mol. The van der Waals surface area contributed by atoms with Gasteiger partial charge in [-0.05, 0) is 85.6 Å². The summed E-state index contributed by atoms with van der Waals surface area (Å²) < 4.78 is 2.67. The summed E-state index contributed by atoms with van der Waals surface area (Å²) in [6.45, 7) is 9.46. The van der Waals surface area contributed by atoms with Gasteiger partial charge in [-0.15, -0.1) is 11.3 Å². The molecule has 230 valence electrons. The van der Waals surface area contributed by atoms with E-state index >= 15 is 0 Å². The largest absolute Gasteiger partial charge is 0.309 e. The first-order chi connectivity index (χ1) is 23.3. The first-order valence-electron chi connectivity index (χ1n) is 16.9. The quantitative estimate of drug-likeness (QED) is 0.187. The zero-order chi connectivity index (χ0) is 32.4. The normalized spacial score (nSPS) is 15.0. The molecule has 2 aliphatic carbocycles. The van der Waals surface area contributed by atoms with Crippen LogP contribution in [0.1, 0.15) is 49.9 Å². The number of anilines is 3. The molecule has 0 amide bonds. The van der Waals surface area contributed by atoms with Crippen molar-refractivity contribution in [3.63, 3.8) is 0 Å². The zero-order valence-corrected chi connectivity index (χ0v) is 28.5. The first kappa shape index (κ1) is 27.9. The van der Waals surface area contributed by atoms with Gasteiger partial charge in [0.25, 0.3) is 0 Å². The van der Waals surface area contributed by atoms with E-state index in [0.29, 0.717) is 0 Å². The molecule has 0 spiro atoms. The van der Waals surface area contributed by atoms with E-state index in [1.54, 1.807) is 0 Å². The number of fused-ring (bicyclic) bond motifs is 11. The average molecular weight is 634 g/mol. The molecule has 2 heteroatoms. The number of nitrogens with zero attached hydrogens (tertiary/aromatic N) is 1. The number of thiophene rings is 1. The van der Waals surface area contributed by atoms with Gasteiger partial charge in [-0.1, -0.05) is 137 Å². The fourth-order valence-corrected chi connectivity index (χ4v) is 10.1. The van der Waals surface area contributed by atoms with Crippen molar-refractivity contribution >= 4 is 59.3 Å². The standard InChI is InChI=1S/C46H35NS/c1-45(2)39-18-10-8-15-33(39)37-26-29(22-25-40(37)45)47(30-21-24-34-32-14-7-9-17-38(32)46(3,4)41(34)27-30)42-19-11-16-35-36-23-20-28-12-5-6-13-31(28)43(36)48-44(35)42/h5-27H,1-4H3. The predicted octanol–water partition coefficient (Wildman–Crippen LogP) is 13.3. The molecule has 0 unspecified atom stereocenters. The summed E-state index contributed by atoms with van der Waals surface area (Å²) in [5.41, 5.74) is 14.4. The molecule has 0 saturated heterocycles. The maximum atomic E-state index is 2.52. The van der Waals surface area contributed by atoms with Gasteiger partial charge < -0.3 is 4.90 Å². The summed E-state index contributed by atoms with van der Waals surface area (Å²) in [5, 5.41) is 5.24. The van der Waals surface area contributed by atoms with Gasteiger partial charge in [0.05, 0.1) is 10.4 Å². The Kier molecular flexibility index (Phi) is 5.63. The number of hydrogen-bond donors (Lipinski definition) is 0. The SMILES string of the molecule is CC1(C)c2ccccc2-c2cc(N(c3ccc4c(c3)C(C)(C)c3ccccc3-4)c3cccc4c3sc3c5ccccc5ccc43)ccc21. The van der Waals surface area contributed by atoms with Crippen LogP contribution in [0.3, 0.4) is 0 Å². The van der Waals surface area contributed by atoms with E-state index in [1.807, 2.05) is 11.3 Å². The van der Waals surface area contributed by atoms with Gasteiger partial charge >= 0.3 is 0 Å². The van der Waals surface area contributed by atoms with Crippen molar-refractivity contribution in [1.29, 1.82) is 0 Å². The van der Waals surface area contributed by atoms with E-state index in [4.69, 9.17) is 0 Å². The van der Waals surface area contributed by atoms with Crippen LogP contribution in [0.2, 0.25) is 0 Å². The Labute approximate surface area is 285 Å². The molecule has 0 saturated carbocycles. The lowest BCUT2D eigenvalue weighted by molar-refractivity contribution is 0.660. The molecule has 7 aromatic carbocycles. The van der Waals surface area contributed by atoms with Crippen LogP contribution in [0.5, 0.6) is 0 Å².